The molecule has 0 aliphatic rings. The number of rotatable bonds is 3. The minimum Gasteiger partial charge on any atom is -0.380 e. The van der Waals surface area contributed by atoms with E-state index in [1.54, 1.807) is 11.3 Å². The number of anilines is 1. The van der Waals surface area contributed by atoms with Crippen molar-refractivity contribution >= 4 is 48.9 Å². The van der Waals surface area contributed by atoms with Gasteiger partial charge in [0.25, 0.3) is 0 Å². The second-order valence-electron chi connectivity index (χ2n) is 3.99. The lowest BCUT2D eigenvalue weighted by molar-refractivity contribution is 1.18. The van der Waals surface area contributed by atoms with Crippen molar-refractivity contribution in [3.05, 3.63) is 48.5 Å². The monoisotopic (exact) mass is 373 g/mol. The van der Waals surface area contributed by atoms with Crippen LogP contribution in [0, 0.1) is 13.8 Å². The van der Waals surface area contributed by atoms with E-state index >= 15 is 0 Å². The standard InChI is InChI=1S/C13H13Br2NS/c1-8-3-4-10(5-9(8)2)16-7-11-6-12(14)13(15)17-11/h3-6,16H,7H2,1-2H3. The van der Waals surface area contributed by atoms with Gasteiger partial charge >= 0.3 is 0 Å². The SMILES string of the molecule is Cc1ccc(NCc2cc(Br)c(Br)s2)cc1C. The van der Waals surface area contributed by atoms with Crippen molar-refractivity contribution in [2.24, 2.45) is 0 Å². The topological polar surface area (TPSA) is 12.0 Å². The Bertz CT molecular complexity index is 515. The Morgan fingerprint density at radius 3 is 2.47 bits per heavy atom. The molecule has 0 aliphatic heterocycles. The molecule has 0 spiro atoms. The summed E-state index contributed by atoms with van der Waals surface area (Å²) < 4.78 is 2.27. The first-order chi connectivity index (χ1) is 8.06. The Hall–Kier alpha value is -0.320. The first-order valence-electron chi connectivity index (χ1n) is 5.31. The Labute approximate surface area is 123 Å². The molecule has 0 fully saturated rings. The molecule has 0 saturated carbocycles. The molecule has 0 bridgehead atoms. The van der Waals surface area contributed by atoms with E-state index in [1.807, 2.05) is 0 Å². The Balaban J connectivity index is 2.04. The zero-order valence-electron chi connectivity index (χ0n) is 9.68. The van der Waals surface area contributed by atoms with E-state index in [-0.39, 0.29) is 0 Å². The molecule has 0 aliphatic carbocycles. The number of hydrogen-bond acceptors (Lipinski definition) is 2. The van der Waals surface area contributed by atoms with Crippen LogP contribution >= 0.6 is 43.2 Å². The minimum absolute atomic E-state index is 0.858. The predicted octanol–water partition coefficient (Wildman–Crippen LogP) is 5.50. The molecule has 0 unspecified atom stereocenters. The highest BCUT2D eigenvalue weighted by Gasteiger charge is 2.04. The van der Waals surface area contributed by atoms with E-state index in [0.29, 0.717) is 0 Å². The second kappa shape index (κ2) is 5.55. The summed E-state index contributed by atoms with van der Waals surface area (Å²) in [5.41, 5.74) is 3.83. The van der Waals surface area contributed by atoms with Gasteiger partial charge in [0.1, 0.15) is 0 Å². The predicted molar refractivity (Wildman–Crippen MR) is 83.0 cm³/mol. The maximum Gasteiger partial charge on any atom is 0.0843 e. The van der Waals surface area contributed by atoms with Gasteiger partial charge in [-0.15, -0.1) is 11.3 Å². The van der Waals surface area contributed by atoms with Gasteiger partial charge in [-0.2, -0.15) is 0 Å². The van der Waals surface area contributed by atoms with Crippen LogP contribution in [0.3, 0.4) is 0 Å². The number of nitrogens with one attached hydrogen (secondary N) is 1. The van der Waals surface area contributed by atoms with Gasteiger partial charge in [0.15, 0.2) is 0 Å². The maximum absolute atomic E-state index is 3.51. The molecule has 1 N–H and O–H groups in total. The molecule has 4 heteroatoms. The van der Waals surface area contributed by atoms with Crippen LogP contribution in [-0.4, -0.2) is 0 Å². The van der Waals surface area contributed by atoms with Crippen LogP contribution < -0.4 is 5.32 Å². The van der Waals surface area contributed by atoms with Gasteiger partial charge in [0.2, 0.25) is 0 Å². The normalized spacial score (nSPS) is 10.6. The molecule has 0 radical (unpaired) electrons. The van der Waals surface area contributed by atoms with E-state index in [9.17, 15) is 0 Å². The lowest BCUT2D eigenvalue weighted by atomic mass is 10.1. The van der Waals surface area contributed by atoms with E-state index in [4.69, 9.17) is 0 Å². The van der Waals surface area contributed by atoms with Crippen molar-refractivity contribution in [1.82, 2.24) is 0 Å². The molecule has 0 atom stereocenters. The van der Waals surface area contributed by atoms with Gasteiger partial charge < -0.3 is 5.32 Å². The summed E-state index contributed by atoms with van der Waals surface area (Å²) in [7, 11) is 0. The van der Waals surface area contributed by atoms with Crippen molar-refractivity contribution in [2.75, 3.05) is 5.32 Å². The molecule has 1 aromatic carbocycles. The molecule has 90 valence electrons. The molecular weight excluding hydrogens is 362 g/mol. The molecule has 0 saturated heterocycles. The third-order valence-corrected chi connectivity index (χ3v) is 5.93. The summed E-state index contributed by atoms with van der Waals surface area (Å²) in [5, 5.41) is 3.44. The Morgan fingerprint density at radius 1 is 1.12 bits per heavy atom. The summed E-state index contributed by atoms with van der Waals surface area (Å²) in [4.78, 5) is 1.31. The number of halogens is 2. The van der Waals surface area contributed by atoms with Crippen molar-refractivity contribution in [2.45, 2.75) is 20.4 Å². The van der Waals surface area contributed by atoms with Crippen LogP contribution in [0.25, 0.3) is 0 Å². The van der Waals surface area contributed by atoms with Crippen molar-refractivity contribution < 1.29 is 0 Å². The summed E-state index contributed by atoms with van der Waals surface area (Å²) in [6.45, 7) is 5.13. The van der Waals surface area contributed by atoms with E-state index in [1.165, 1.54) is 21.7 Å². The first kappa shape index (κ1) is 13.1. The molecule has 1 aromatic heterocycles. The molecule has 1 heterocycles. The smallest absolute Gasteiger partial charge is 0.0843 e. The van der Waals surface area contributed by atoms with Crippen molar-refractivity contribution in [1.29, 1.82) is 0 Å². The molecule has 0 amide bonds. The van der Waals surface area contributed by atoms with Crippen LogP contribution in [0.5, 0.6) is 0 Å². The molecule has 2 aromatic rings. The van der Waals surface area contributed by atoms with Gasteiger partial charge in [-0.25, -0.2) is 0 Å². The van der Waals surface area contributed by atoms with Crippen molar-refractivity contribution in [3.63, 3.8) is 0 Å². The average molecular weight is 375 g/mol. The quantitative estimate of drug-likeness (QED) is 0.747. The van der Waals surface area contributed by atoms with Crippen LogP contribution in [-0.2, 0) is 6.54 Å². The summed E-state index contributed by atoms with van der Waals surface area (Å²) in [5.74, 6) is 0. The highest BCUT2D eigenvalue weighted by atomic mass is 79.9. The van der Waals surface area contributed by atoms with E-state index in [0.717, 1.165) is 14.8 Å². The maximum atomic E-state index is 3.51. The zero-order valence-corrected chi connectivity index (χ0v) is 13.7. The fraction of sp³-hybridized carbons (Fsp3) is 0.231. The minimum atomic E-state index is 0.858. The highest BCUT2D eigenvalue weighted by molar-refractivity contribution is 9.13. The van der Waals surface area contributed by atoms with Gasteiger partial charge in [-0.1, -0.05) is 6.07 Å². The Kier molecular flexibility index (Phi) is 4.28. The first-order valence-corrected chi connectivity index (χ1v) is 7.71. The Morgan fingerprint density at radius 2 is 1.88 bits per heavy atom. The number of thiophene rings is 1. The lowest BCUT2D eigenvalue weighted by Crippen LogP contribution is -1.97. The van der Waals surface area contributed by atoms with Crippen LogP contribution in [0.4, 0.5) is 5.69 Å². The second-order valence-corrected chi connectivity index (χ2v) is 7.30. The highest BCUT2D eigenvalue weighted by Crippen LogP contribution is 2.32. The number of aryl methyl sites for hydroxylation is 2. The summed E-state index contributed by atoms with van der Waals surface area (Å²) in [6, 6.07) is 8.60. The largest absolute Gasteiger partial charge is 0.380 e. The molecule has 2 rings (SSSR count). The van der Waals surface area contributed by atoms with Crippen molar-refractivity contribution in [3.8, 4) is 0 Å². The van der Waals surface area contributed by atoms with Gasteiger partial charge in [0.05, 0.1) is 3.79 Å². The lowest BCUT2D eigenvalue weighted by Gasteiger charge is -2.07. The van der Waals surface area contributed by atoms with E-state index in [2.05, 4.69) is 75.3 Å². The summed E-state index contributed by atoms with van der Waals surface area (Å²) >= 11 is 8.75. The third kappa shape index (κ3) is 3.33. The molecule has 17 heavy (non-hydrogen) atoms. The third-order valence-electron chi connectivity index (χ3n) is 2.67. The molecular formula is C13H13Br2NS. The van der Waals surface area contributed by atoms with Crippen LogP contribution in [0.15, 0.2) is 32.5 Å². The van der Waals surface area contributed by atoms with Gasteiger partial charge in [-0.05, 0) is 75.0 Å². The molecule has 1 nitrogen and oxygen atoms in total. The summed E-state index contributed by atoms with van der Waals surface area (Å²) in [6.07, 6.45) is 0. The fourth-order valence-corrected chi connectivity index (χ4v) is 3.64. The van der Waals surface area contributed by atoms with Gasteiger partial charge in [-0.3, -0.25) is 0 Å². The average Bonchev–Trinajstić information content (AvgIpc) is 2.60. The zero-order chi connectivity index (χ0) is 12.4. The number of hydrogen-bond donors (Lipinski definition) is 1. The fourth-order valence-electron chi connectivity index (χ4n) is 1.52. The number of benzene rings is 1. The van der Waals surface area contributed by atoms with E-state index < -0.39 is 0 Å². The van der Waals surface area contributed by atoms with Gasteiger partial charge in [0, 0.05) is 21.6 Å². The van der Waals surface area contributed by atoms with Crippen LogP contribution in [0.2, 0.25) is 0 Å². The van der Waals surface area contributed by atoms with Crippen LogP contribution in [0.1, 0.15) is 16.0 Å².